The van der Waals surface area contributed by atoms with Crippen molar-refractivity contribution in [2.24, 2.45) is 0 Å². The molecule has 0 fully saturated rings. The molecule has 0 saturated carbocycles. The van der Waals surface area contributed by atoms with E-state index in [1.165, 1.54) is 0 Å². The van der Waals surface area contributed by atoms with Crippen molar-refractivity contribution in [2.75, 3.05) is 26.3 Å². The standard InChI is InChI=1S/C20H25NO4/c1-2-23-20(22)13-15-21-14-6-16-24-17-9-11-19(12-10-17)25-18-7-4-3-5-8-18/h3-5,7-12,21H,2,6,13-16H2,1H3. The number of rotatable bonds is 11. The number of nitrogens with one attached hydrogen (secondary N) is 1. The molecular weight excluding hydrogens is 318 g/mol. The average molecular weight is 343 g/mol. The van der Waals surface area contributed by atoms with Crippen molar-refractivity contribution in [3.05, 3.63) is 54.6 Å². The lowest BCUT2D eigenvalue weighted by molar-refractivity contribution is -0.142. The summed E-state index contributed by atoms with van der Waals surface area (Å²) in [5, 5.41) is 3.20. The van der Waals surface area contributed by atoms with Gasteiger partial charge in [-0.05, 0) is 56.3 Å². The Labute approximate surface area is 148 Å². The highest BCUT2D eigenvalue weighted by Crippen LogP contribution is 2.23. The molecule has 0 radical (unpaired) electrons. The van der Waals surface area contributed by atoms with Crippen LogP contribution in [0.2, 0.25) is 0 Å². The van der Waals surface area contributed by atoms with E-state index in [9.17, 15) is 4.79 Å². The third-order valence-corrected chi connectivity index (χ3v) is 3.38. The summed E-state index contributed by atoms with van der Waals surface area (Å²) in [6, 6.07) is 17.2. The number of hydrogen-bond acceptors (Lipinski definition) is 5. The van der Waals surface area contributed by atoms with E-state index in [2.05, 4.69) is 5.32 Å². The Morgan fingerprint density at radius 1 is 0.920 bits per heavy atom. The Kier molecular flexibility index (Phi) is 8.35. The fourth-order valence-corrected chi connectivity index (χ4v) is 2.16. The van der Waals surface area contributed by atoms with Gasteiger partial charge in [-0.1, -0.05) is 18.2 Å². The first kappa shape index (κ1) is 18.8. The molecule has 0 heterocycles. The van der Waals surface area contributed by atoms with Gasteiger partial charge in [-0.3, -0.25) is 4.79 Å². The van der Waals surface area contributed by atoms with Crippen LogP contribution >= 0.6 is 0 Å². The van der Waals surface area contributed by atoms with E-state index in [-0.39, 0.29) is 5.97 Å². The maximum absolute atomic E-state index is 11.2. The fourth-order valence-electron chi connectivity index (χ4n) is 2.16. The molecule has 0 atom stereocenters. The van der Waals surface area contributed by atoms with Crippen LogP contribution < -0.4 is 14.8 Å². The summed E-state index contributed by atoms with van der Waals surface area (Å²) in [7, 11) is 0. The summed E-state index contributed by atoms with van der Waals surface area (Å²) in [4.78, 5) is 11.2. The van der Waals surface area contributed by atoms with Crippen LogP contribution in [0.15, 0.2) is 54.6 Å². The molecule has 25 heavy (non-hydrogen) atoms. The number of ether oxygens (including phenoxy) is 3. The molecule has 0 bridgehead atoms. The lowest BCUT2D eigenvalue weighted by Crippen LogP contribution is -2.21. The van der Waals surface area contributed by atoms with Gasteiger partial charge in [-0.25, -0.2) is 0 Å². The number of esters is 1. The van der Waals surface area contributed by atoms with Crippen molar-refractivity contribution in [3.63, 3.8) is 0 Å². The molecule has 0 spiro atoms. The maximum atomic E-state index is 11.2. The lowest BCUT2D eigenvalue weighted by atomic mass is 10.3. The zero-order chi connectivity index (χ0) is 17.7. The summed E-state index contributed by atoms with van der Waals surface area (Å²) in [5.41, 5.74) is 0. The molecule has 0 aliphatic carbocycles. The second-order valence-electron chi connectivity index (χ2n) is 5.39. The zero-order valence-corrected chi connectivity index (χ0v) is 14.6. The first-order valence-electron chi connectivity index (χ1n) is 8.60. The second kappa shape index (κ2) is 11.1. The molecule has 2 aromatic carbocycles. The molecule has 5 nitrogen and oxygen atoms in total. The van der Waals surface area contributed by atoms with Crippen LogP contribution in [0.1, 0.15) is 19.8 Å². The maximum Gasteiger partial charge on any atom is 0.307 e. The number of carbonyl (C=O) groups excluding carboxylic acids is 1. The number of benzene rings is 2. The molecule has 2 aromatic rings. The van der Waals surface area contributed by atoms with Crippen molar-refractivity contribution in [3.8, 4) is 17.2 Å². The molecule has 0 aromatic heterocycles. The number of carbonyl (C=O) groups is 1. The second-order valence-corrected chi connectivity index (χ2v) is 5.39. The van der Waals surface area contributed by atoms with E-state index < -0.39 is 0 Å². The smallest absolute Gasteiger partial charge is 0.307 e. The SMILES string of the molecule is CCOC(=O)CCNCCCOc1ccc(Oc2ccccc2)cc1. The van der Waals surface area contributed by atoms with Gasteiger partial charge >= 0.3 is 5.97 Å². The van der Waals surface area contributed by atoms with Crippen LogP contribution in [0.25, 0.3) is 0 Å². The van der Waals surface area contributed by atoms with Gasteiger partial charge in [-0.15, -0.1) is 0 Å². The average Bonchev–Trinajstić information content (AvgIpc) is 2.63. The summed E-state index contributed by atoms with van der Waals surface area (Å²) in [6.45, 7) is 4.29. The van der Waals surface area contributed by atoms with E-state index in [1.807, 2.05) is 61.5 Å². The molecule has 0 aliphatic heterocycles. The highest BCUT2D eigenvalue weighted by molar-refractivity contribution is 5.69. The molecule has 0 amide bonds. The van der Waals surface area contributed by atoms with Crippen molar-refractivity contribution in [1.29, 1.82) is 0 Å². The zero-order valence-electron chi connectivity index (χ0n) is 14.6. The van der Waals surface area contributed by atoms with Gasteiger partial charge in [0.25, 0.3) is 0 Å². The van der Waals surface area contributed by atoms with Crippen LogP contribution in [0.4, 0.5) is 0 Å². The minimum atomic E-state index is -0.163. The molecule has 2 rings (SSSR count). The van der Waals surface area contributed by atoms with Gasteiger partial charge in [-0.2, -0.15) is 0 Å². The highest BCUT2D eigenvalue weighted by Gasteiger charge is 2.01. The quantitative estimate of drug-likeness (QED) is 0.497. The van der Waals surface area contributed by atoms with Gasteiger partial charge in [0.1, 0.15) is 17.2 Å². The Morgan fingerprint density at radius 2 is 1.60 bits per heavy atom. The van der Waals surface area contributed by atoms with Crippen LogP contribution in [0.3, 0.4) is 0 Å². The largest absolute Gasteiger partial charge is 0.494 e. The van der Waals surface area contributed by atoms with E-state index >= 15 is 0 Å². The summed E-state index contributed by atoms with van der Waals surface area (Å²) in [5.74, 6) is 2.24. The molecule has 5 heteroatoms. The van der Waals surface area contributed by atoms with Crippen molar-refractivity contribution in [1.82, 2.24) is 5.32 Å². The van der Waals surface area contributed by atoms with Crippen LogP contribution in [0.5, 0.6) is 17.2 Å². The van der Waals surface area contributed by atoms with E-state index in [4.69, 9.17) is 14.2 Å². The Morgan fingerprint density at radius 3 is 2.32 bits per heavy atom. The third kappa shape index (κ3) is 7.72. The number of para-hydroxylation sites is 1. The summed E-state index contributed by atoms with van der Waals surface area (Å²) >= 11 is 0. The van der Waals surface area contributed by atoms with Gasteiger partial charge in [0, 0.05) is 6.54 Å². The minimum absolute atomic E-state index is 0.163. The molecule has 0 unspecified atom stereocenters. The van der Waals surface area contributed by atoms with Crippen molar-refractivity contribution in [2.45, 2.75) is 19.8 Å². The molecular formula is C20H25NO4. The molecule has 0 aliphatic rings. The summed E-state index contributed by atoms with van der Waals surface area (Å²) in [6.07, 6.45) is 1.27. The van der Waals surface area contributed by atoms with E-state index in [0.717, 1.165) is 30.2 Å². The van der Waals surface area contributed by atoms with E-state index in [0.29, 0.717) is 26.2 Å². The van der Waals surface area contributed by atoms with Gasteiger partial charge in [0.2, 0.25) is 0 Å². The number of hydrogen-bond donors (Lipinski definition) is 1. The first-order valence-corrected chi connectivity index (χ1v) is 8.60. The summed E-state index contributed by atoms with van der Waals surface area (Å²) < 4.78 is 16.3. The monoisotopic (exact) mass is 343 g/mol. The normalized spacial score (nSPS) is 10.3. The Balaban J connectivity index is 1.58. The van der Waals surface area contributed by atoms with Crippen LogP contribution in [-0.4, -0.2) is 32.3 Å². The van der Waals surface area contributed by atoms with Crippen LogP contribution in [-0.2, 0) is 9.53 Å². The predicted octanol–water partition coefficient (Wildman–Crippen LogP) is 3.79. The van der Waals surface area contributed by atoms with Gasteiger partial charge in [0.15, 0.2) is 0 Å². The van der Waals surface area contributed by atoms with Crippen molar-refractivity contribution < 1.29 is 19.0 Å². The van der Waals surface area contributed by atoms with Crippen LogP contribution in [0, 0.1) is 0 Å². The fraction of sp³-hybridized carbons (Fsp3) is 0.350. The minimum Gasteiger partial charge on any atom is -0.494 e. The topological polar surface area (TPSA) is 56.8 Å². The Bertz CT molecular complexity index is 613. The van der Waals surface area contributed by atoms with E-state index in [1.54, 1.807) is 0 Å². The predicted molar refractivity (Wildman–Crippen MR) is 97.2 cm³/mol. The molecule has 0 saturated heterocycles. The van der Waals surface area contributed by atoms with Gasteiger partial charge < -0.3 is 19.5 Å². The molecule has 134 valence electrons. The Hall–Kier alpha value is -2.53. The van der Waals surface area contributed by atoms with Gasteiger partial charge in [0.05, 0.1) is 19.6 Å². The van der Waals surface area contributed by atoms with Crippen molar-refractivity contribution >= 4 is 5.97 Å². The first-order chi connectivity index (χ1) is 12.3. The molecule has 1 N–H and O–H groups in total. The lowest BCUT2D eigenvalue weighted by Gasteiger charge is -2.09. The third-order valence-electron chi connectivity index (χ3n) is 3.38. The highest BCUT2D eigenvalue weighted by atomic mass is 16.5.